The minimum atomic E-state index is -0.354. The number of aromatic nitrogens is 3. The molecular weight excluding hydrogens is 396 g/mol. The van der Waals surface area contributed by atoms with Crippen LogP contribution in [0.3, 0.4) is 0 Å². The number of hydrogen-bond donors (Lipinski definition) is 1. The zero-order valence-corrected chi connectivity index (χ0v) is 19.0. The average Bonchev–Trinajstić information content (AvgIpc) is 2.66. The van der Waals surface area contributed by atoms with Crippen LogP contribution in [0.5, 0.6) is 0 Å². The minimum Gasteiger partial charge on any atom is -0.347 e. The lowest BCUT2D eigenvalue weighted by atomic mass is 9.87. The molecule has 0 aliphatic rings. The molecular formula is C24H27ClN4O. The summed E-state index contributed by atoms with van der Waals surface area (Å²) in [7, 11) is 0. The Hall–Kier alpha value is -2.79. The maximum atomic E-state index is 13.0. The molecule has 1 N–H and O–H groups in total. The first-order valence-electron chi connectivity index (χ1n) is 9.85. The van der Waals surface area contributed by atoms with E-state index in [0.717, 1.165) is 16.8 Å². The van der Waals surface area contributed by atoms with Gasteiger partial charge in [-0.15, -0.1) is 0 Å². The molecule has 2 aromatic heterocycles. The summed E-state index contributed by atoms with van der Waals surface area (Å²) < 4.78 is 0. The first-order chi connectivity index (χ1) is 13.9. The molecule has 0 unspecified atom stereocenters. The lowest BCUT2D eigenvalue weighted by Crippen LogP contribution is -2.40. The number of nitrogens with zero attached hydrogens (tertiary/aromatic N) is 3. The number of carbonyl (C=O) groups is 1. The molecule has 156 valence electrons. The normalized spacial score (nSPS) is 12.0. The fourth-order valence-corrected chi connectivity index (χ4v) is 3.22. The Morgan fingerprint density at radius 2 is 1.60 bits per heavy atom. The summed E-state index contributed by atoms with van der Waals surface area (Å²) in [4.78, 5) is 26.5. The predicted octanol–water partition coefficient (Wildman–Crippen LogP) is 5.68. The molecule has 0 atom stereocenters. The quantitative estimate of drug-likeness (QED) is 0.589. The van der Waals surface area contributed by atoms with Crippen molar-refractivity contribution in [2.75, 3.05) is 0 Å². The summed E-state index contributed by atoms with van der Waals surface area (Å²) in [5.74, 6) is -0.157. The van der Waals surface area contributed by atoms with E-state index < -0.39 is 0 Å². The van der Waals surface area contributed by atoms with Crippen LogP contribution in [0.1, 0.15) is 57.6 Å². The van der Waals surface area contributed by atoms with Crippen molar-refractivity contribution in [3.8, 4) is 22.5 Å². The van der Waals surface area contributed by atoms with E-state index in [2.05, 4.69) is 36.1 Å². The number of benzene rings is 1. The summed E-state index contributed by atoms with van der Waals surface area (Å²) in [6.45, 7) is 12.1. The molecule has 1 aromatic carbocycles. The molecule has 0 aliphatic carbocycles. The summed E-state index contributed by atoms with van der Waals surface area (Å²) >= 11 is 6.05. The molecule has 3 aromatic rings. The van der Waals surface area contributed by atoms with E-state index in [9.17, 15) is 4.79 Å². The number of amides is 1. The molecule has 0 saturated carbocycles. The Morgan fingerprint density at radius 3 is 2.20 bits per heavy atom. The number of halogens is 1. The Labute approximate surface area is 183 Å². The zero-order valence-electron chi connectivity index (χ0n) is 18.2. The highest BCUT2D eigenvalue weighted by molar-refractivity contribution is 6.30. The summed E-state index contributed by atoms with van der Waals surface area (Å²) in [6, 6.07) is 11.0. The Kier molecular flexibility index (Phi) is 5.95. The van der Waals surface area contributed by atoms with Gasteiger partial charge in [0, 0.05) is 38.9 Å². The van der Waals surface area contributed by atoms with Crippen molar-refractivity contribution in [3.63, 3.8) is 0 Å². The van der Waals surface area contributed by atoms with Gasteiger partial charge in [-0.25, -0.2) is 15.0 Å². The van der Waals surface area contributed by atoms with Gasteiger partial charge >= 0.3 is 0 Å². The molecule has 30 heavy (non-hydrogen) atoms. The molecule has 0 saturated heterocycles. The van der Waals surface area contributed by atoms with Gasteiger partial charge in [0.05, 0.1) is 17.1 Å². The predicted molar refractivity (Wildman–Crippen MR) is 122 cm³/mol. The minimum absolute atomic E-state index is 0.157. The monoisotopic (exact) mass is 422 g/mol. The average molecular weight is 423 g/mol. The van der Waals surface area contributed by atoms with Gasteiger partial charge in [0.25, 0.3) is 5.91 Å². The molecule has 0 aliphatic heterocycles. The number of nitrogens with one attached hydrogen (secondary N) is 1. The first kappa shape index (κ1) is 21.9. The first-order valence-corrected chi connectivity index (χ1v) is 10.2. The van der Waals surface area contributed by atoms with Crippen molar-refractivity contribution in [2.45, 2.75) is 52.5 Å². The van der Waals surface area contributed by atoms with E-state index in [1.807, 2.05) is 45.0 Å². The van der Waals surface area contributed by atoms with Crippen LogP contribution in [0, 0.1) is 0 Å². The van der Waals surface area contributed by atoms with E-state index in [1.165, 1.54) is 0 Å². The van der Waals surface area contributed by atoms with Crippen LogP contribution in [0.2, 0.25) is 5.02 Å². The van der Waals surface area contributed by atoms with Crippen molar-refractivity contribution in [1.82, 2.24) is 20.3 Å². The molecule has 1 amide bonds. The molecule has 5 nitrogen and oxygen atoms in total. The Balaban J connectivity index is 2.21. The SMILES string of the molecule is CC(C)(C)NC(=O)c1cc(-c2ccc(Cl)cc2)nc(-c2cncnc2C(C)(C)C)c1. The van der Waals surface area contributed by atoms with Gasteiger partial charge in [0.15, 0.2) is 0 Å². The van der Waals surface area contributed by atoms with E-state index in [1.54, 1.807) is 24.7 Å². The van der Waals surface area contributed by atoms with Crippen molar-refractivity contribution in [1.29, 1.82) is 0 Å². The highest BCUT2D eigenvalue weighted by atomic mass is 35.5. The van der Waals surface area contributed by atoms with Crippen molar-refractivity contribution in [3.05, 3.63) is 65.2 Å². The molecule has 0 spiro atoms. The number of hydrogen-bond acceptors (Lipinski definition) is 4. The highest BCUT2D eigenvalue weighted by Gasteiger charge is 2.23. The van der Waals surface area contributed by atoms with Crippen LogP contribution in [0.25, 0.3) is 22.5 Å². The van der Waals surface area contributed by atoms with Gasteiger partial charge in [-0.05, 0) is 45.0 Å². The van der Waals surface area contributed by atoms with Gasteiger partial charge in [0.2, 0.25) is 0 Å². The second-order valence-electron chi connectivity index (χ2n) is 9.37. The van der Waals surface area contributed by atoms with Gasteiger partial charge in [-0.1, -0.05) is 44.5 Å². The summed E-state index contributed by atoms with van der Waals surface area (Å²) in [5, 5.41) is 3.67. The Bertz CT molecular complexity index is 1060. The fraction of sp³-hybridized carbons (Fsp3) is 0.333. The van der Waals surface area contributed by atoms with Gasteiger partial charge in [0.1, 0.15) is 6.33 Å². The zero-order chi connectivity index (χ0) is 22.1. The lowest BCUT2D eigenvalue weighted by Gasteiger charge is -2.22. The number of rotatable bonds is 3. The van der Waals surface area contributed by atoms with Crippen LogP contribution in [0.15, 0.2) is 48.9 Å². The van der Waals surface area contributed by atoms with Crippen LogP contribution in [-0.4, -0.2) is 26.4 Å². The van der Waals surface area contributed by atoms with E-state index in [-0.39, 0.29) is 16.9 Å². The molecule has 2 heterocycles. The number of carbonyl (C=O) groups excluding carboxylic acids is 1. The third kappa shape index (κ3) is 5.22. The van der Waals surface area contributed by atoms with E-state index in [4.69, 9.17) is 16.6 Å². The smallest absolute Gasteiger partial charge is 0.251 e. The third-order valence-corrected chi connectivity index (χ3v) is 4.67. The molecule has 3 rings (SSSR count). The van der Waals surface area contributed by atoms with Crippen LogP contribution < -0.4 is 5.32 Å². The molecule has 0 bridgehead atoms. The van der Waals surface area contributed by atoms with E-state index in [0.29, 0.717) is 22.0 Å². The molecule has 6 heteroatoms. The van der Waals surface area contributed by atoms with E-state index >= 15 is 0 Å². The van der Waals surface area contributed by atoms with Crippen molar-refractivity contribution < 1.29 is 4.79 Å². The van der Waals surface area contributed by atoms with Crippen LogP contribution in [-0.2, 0) is 5.41 Å². The summed E-state index contributed by atoms with van der Waals surface area (Å²) in [6.07, 6.45) is 3.30. The van der Waals surface area contributed by atoms with Crippen molar-refractivity contribution in [2.24, 2.45) is 0 Å². The highest BCUT2D eigenvalue weighted by Crippen LogP contribution is 2.32. The molecule has 0 radical (unpaired) electrons. The lowest BCUT2D eigenvalue weighted by molar-refractivity contribution is 0.0919. The van der Waals surface area contributed by atoms with Gasteiger partial charge < -0.3 is 5.32 Å². The fourth-order valence-electron chi connectivity index (χ4n) is 3.10. The summed E-state index contributed by atoms with van der Waals surface area (Å²) in [5.41, 5.74) is 3.88. The second-order valence-corrected chi connectivity index (χ2v) is 9.81. The Morgan fingerprint density at radius 1 is 0.967 bits per heavy atom. The topological polar surface area (TPSA) is 67.8 Å². The maximum Gasteiger partial charge on any atom is 0.251 e. The maximum absolute atomic E-state index is 13.0. The second kappa shape index (κ2) is 8.15. The van der Waals surface area contributed by atoms with Crippen LogP contribution >= 0.6 is 11.6 Å². The molecule has 0 fully saturated rings. The van der Waals surface area contributed by atoms with Gasteiger partial charge in [-0.3, -0.25) is 4.79 Å². The van der Waals surface area contributed by atoms with Crippen LogP contribution in [0.4, 0.5) is 0 Å². The number of pyridine rings is 1. The van der Waals surface area contributed by atoms with Gasteiger partial charge in [-0.2, -0.15) is 0 Å². The standard InChI is InChI=1S/C24H27ClN4O/c1-23(2,3)21-18(13-26-14-27-21)20-12-16(22(30)29-24(4,5)6)11-19(28-20)15-7-9-17(25)10-8-15/h7-14H,1-6H3,(H,29,30). The van der Waals surface area contributed by atoms with Crippen molar-refractivity contribution >= 4 is 17.5 Å². The largest absolute Gasteiger partial charge is 0.347 e. The third-order valence-electron chi connectivity index (χ3n) is 4.41.